The van der Waals surface area contributed by atoms with Gasteiger partial charge in [-0.15, -0.1) is 0 Å². The number of piperidine rings is 1. The van der Waals surface area contributed by atoms with Crippen LogP contribution in [0.4, 0.5) is 4.39 Å². The average Bonchev–Trinajstić information content (AvgIpc) is 2.73. The summed E-state index contributed by atoms with van der Waals surface area (Å²) < 4.78 is 45.5. The number of ether oxygens (including phenoxy) is 1. The molecule has 1 amide bonds. The first-order valence-electron chi connectivity index (χ1n) is 9.65. The fourth-order valence-corrected chi connectivity index (χ4v) is 4.76. The molecule has 29 heavy (non-hydrogen) atoms. The number of rotatable bonds is 7. The van der Waals surface area contributed by atoms with E-state index in [1.807, 2.05) is 0 Å². The second kappa shape index (κ2) is 9.37. The van der Waals surface area contributed by atoms with E-state index in [1.165, 1.54) is 34.6 Å². The number of sulfonamides is 1. The summed E-state index contributed by atoms with van der Waals surface area (Å²) in [6.07, 6.45) is 2.74. The zero-order chi connectivity index (χ0) is 20.9. The molecule has 6 nitrogen and oxygen atoms in total. The van der Waals surface area contributed by atoms with E-state index in [9.17, 15) is 17.6 Å². The Hall–Kier alpha value is -2.45. The first kappa shape index (κ1) is 21.3. The molecule has 1 aliphatic heterocycles. The van der Waals surface area contributed by atoms with Crippen molar-refractivity contribution in [3.05, 3.63) is 59.4 Å². The number of nitrogens with one attached hydrogen (secondary N) is 1. The van der Waals surface area contributed by atoms with Gasteiger partial charge in [-0.25, -0.2) is 12.8 Å². The van der Waals surface area contributed by atoms with Crippen molar-refractivity contribution in [2.75, 3.05) is 26.2 Å². The summed E-state index contributed by atoms with van der Waals surface area (Å²) in [4.78, 5) is 12.7. The van der Waals surface area contributed by atoms with Crippen LogP contribution in [0.2, 0.25) is 0 Å². The third kappa shape index (κ3) is 5.33. The Kier molecular flexibility index (Phi) is 6.87. The zero-order valence-electron chi connectivity index (χ0n) is 16.4. The number of carbonyl (C=O) groups is 1. The predicted octanol–water partition coefficient (Wildman–Crippen LogP) is 3.12. The highest BCUT2D eigenvalue weighted by atomic mass is 32.2. The lowest BCUT2D eigenvalue weighted by Gasteiger charge is -2.26. The fourth-order valence-electron chi connectivity index (χ4n) is 3.22. The zero-order valence-corrected chi connectivity index (χ0v) is 17.2. The molecule has 1 fully saturated rings. The highest BCUT2D eigenvalue weighted by Crippen LogP contribution is 2.23. The SMILES string of the molecule is Cc1ccc(S(=O)(=O)N2CCCCC2)cc1C(=O)NCCOc1ccc(F)cc1. The van der Waals surface area contributed by atoms with Crippen LogP contribution in [-0.4, -0.2) is 44.9 Å². The molecule has 0 aliphatic carbocycles. The maximum atomic E-state index is 12.9. The quantitative estimate of drug-likeness (QED) is 0.699. The van der Waals surface area contributed by atoms with Gasteiger partial charge in [0.05, 0.1) is 11.4 Å². The third-order valence-corrected chi connectivity index (χ3v) is 6.77. The number of aryl methyl sites for hydroxylation is 1. The van der Waals surface area contributed by atoms with E-state index in [4.69, 9.17) is 4.74 Å². The number of nitrogens with zero attached hydrogens (tertiary/aromatic N) is 1. The Balaban J connectivity index is 1.62. The first-order valence-corrected chi connectivity index (χ1v) is 11.1. The van der Waals surface area contributed by atoms with E-state index in [0.29, 0.717) is 30.0 Å². The number of halogens is 1. The van der Waals surface area contributed by atoms with Gasteiger partial charge < -0.3 is 10.1 Å². The van der Waals surface area contributed by atoms with Crippen molar-refractivity contribution >= 4 is 15.9 Å². The van der Waals surface area contributed by atoms with E-state index in [1.54, 1.807) is 19.1 Å². The molecule has 0 bridgehead atoms. The van der Waals surface area contributed by atoms with E-state index < -0.39 is 10.0 Å². The Morgan fingerprint density at radius 3 is 2.48 bits per heavy atom. The molecule has 0 atom stereocenters. The second-order valence-electron chi connectivity index (χ2n) is 7.00. The van der Waals surface area contributed by atoms with Crippen LogP contribution in [0.1, 0.15) is 35.2 Å². The van der Waals surface area contributed by atoms with Crippen LogP contribution in [0.25, 0.3) is 0 Å². The van der Waals surface area contributed by atoms with Crippen LogP contribution in [0, 0.1) is 12.7 Å². The van der Waals surface area contributed by atoms with Crippen LogP contribution < -0.4 is 10.1 Å². The van der Waals surface area contributed by atoms with Crippen molar-refractivity contribution in [1.29, 1.82) is 0 Å². The Morgan fingerprint density at radius 2 is 1.79 bits per heavy atom. The summed E-state index contributed by atoms with van der Waals surface area (Å²) in [5.74, 6) is -0.201. The average molecular weight is 421 g/mol. The molecule has 8 heteroatoms. The van der Waals surface area contributed by atoms with Crippen LogP contribution in [0.3, 0.4) is 0 Å². The lowest BCUT2D eigenvalue weighted by molar-refractivity contribution is 0.0946. The lowest BCUT2D eigenvalue weighted by Crippen LogP contribution is -2.36. The van der Waals surface area contributed by atoms with Crippen molar-refractivity contribution in [3.63, 3.8) is 0 Å². The number of carbonyl (C=O) groups excluding carboxylic acids is 1. The van der Waals surface area contributed by atoms with Gasteiger partial charge >= 0.3 is 0 Å². The summed E-state index contributed by atoms with van der Waals surface area (Å²) >= 11 is 0. The van der Waals surface area contributed by atoms with Crippen molar-refractivity contribution in [3.8, 4) is 5.75 Å². The molecule has 0 aromatic heterocycles. The van der Waals surface area contributed by atoms with Gasteiger partial charge in [0.25, 0.3) is 5.91 Å². The van der Waals surface area contributed by atoms with Gasteiger partial charge in [0.1, 0.15) is 18.2 Å². The Labute approximate surface area is 170 Å². The van der Waals surface area contributed by atoms with Gasteiger partial charge in [0.2, 0.25) is 10.0 Å². The van der Waals surface area contributed by atoms with E-state index in [2.05, 4.69) is 5.32 Å². The van der Waals surface area contributed by atoms with Crippen molar-refractivity contribution < 1.29 is 22.3 Å². The molecule has 1 aliphatic rings. The molecule has 0 unspecified atom stereocenters. The summed E-state index contributed by atoms with van der Waals surface area (Å²) in [7, 11) is -3.60. The van der Waals surface area contributed by atoms with Gasteiger partial charge in [-0.3, -0.25) is 4.79 Å². The number of amides is 1. The molecule has 1 saturated heterocycles. The highest BCUT2D eigenvalue weighted by molar-refractivity contribution is 7.89. The first-order chi connectivity index (χ1) is 13.9. The Morgan fingerprint density at radius 1 is 1.10 bits per heavy atom. The van der Waals surface area contributed by atoms with Gasteiger partial charge in [-0.2, -0.15) is 4.31 Å². The fraction of sp³-hybridized carbons (Fsp3) is 0.381. The van der Waals surface area contributed by atoms with Crippen LogP contribution in [-0.2, 0) is 10.0 Å². The summed E-state index contributed by atoms with van der Waals surface area (Å²) in [5.41, 5.74) is 1.02. The van der Waals surface area contributed by atoms with Crippen LogP contribution in [0.15, 0.2) is 47.4 Å². The minimum absolute atomic E-state index is 0.137. The molecular weight excluding hydrogens is 395 g/mol. The maximum absolute atomic E-state index is 12.9. The monoisotopic (exact) mass is 420 g/mol. The molecule has 156 valence electrons. The van der Waals surface area contributed by atoms with Gasteiger partial charge in [-0.1, -0.05) is 12.5 Å². The molecular formula is C21H25FN2O4S. The van der Waals surface area contributed by atoms with Crippen molar-refractivity contribution in [1.82, 2.24) is 9.62 Å². The largest absolute Gasteiger partial charge is 0.492 e. The summed E-state index contributed by atoms with van der Waals surface area (Å²) in [6, 6.07) is 10.3. The van der Waals surface area contributed by atoms with E-state index in [-0.39, 0.29) is 29.8 Å². The van der Waals surface area contributed by atoms with Crippen molar-refractivity contribution in [2.45, 2.75) is 31.1 Å². The van der Waals surface area contributed by atoms with E-state index in [0.717, 1.165) is 19.3 Å². The molecule has 0 saturated carbocycles. The molecule has 1 heterocycles. The third-order valence-electron chi connectivity index (χ3n) is 4.88. The number of hydrogen-bond acceptors (Lipinski definition) is 4. The van der Waals surface area contributed by atoms with Crippen molar-refractivity contribution in [2.24, 2.45) is 0 Å². The number of hydrogen-bond donors (Lipinski definition) is 1. The minimum Gasteiger partial charge on any atom is -0.492 e. The van der Waals surface area contributed by atoms with Gasteiger partial charge in [0.15, 0.2) is 0 Å². The minimum atomic E-state index is -3.60. The maximum Gasteiger partial charge on any atom is 0.251 e. The second-order valence-corrected chi connectivity index (χ2v) is 8.94. The van der Waals surface area contributed by atoms with Gasteiger partial charge in [0, 0.05) is 18.7 Å². The molecule has 3 rings (SSSR count). The van der Waals surface area contributed by atoms with Crippen LogP contribution in [0.5, 0.6) is 5.75 Å². The lowest BCUT2D eigenvalue weighted by atomic mass is 10.1. The molecule has 2 aromatic rings. The number of benzene rings is 2. The summed E-state index contributed by atoms with van der Waals surface area (Å²) in [6.45, 7) is 3.24. The topological polar surface area (TPSA) is 75.7 Å². The molecule has 0 radical (unpaired) electrons. The normalized spacial score (nSPS) is 15.1. The molecule has 2 aromatic carbocycles. The molecule has 0 spiro atoms. The Bertz CT molecular complexity index is 955. The standard InChI is InChI=1S/C21H25FN2O4S/c1-16-5-10-19(29(26,27)24-12-3-2-4-13-24)15-20(16)21(25)23-11-14-28-18-8-6-17(22)7-9-18/h5-10,15H,2-4,11-14H2,1H3,(H,23,25). The summed E-state index contributed by atoms with van der Waals surface area (Å²) in [5, 5.41) is 2.73. The smallest absolute Gasteiger partial charge is 0.251 e. The highest BCUT2D eigenvalue weighted by Gasteiger charge is 2.27. The van der Waals surface area contributed by atoms with Crippen LogP contribution >= 0.6 is 0 Å². The molecule has 1 N–H and O–H groups in total. The van der Waals surface area contributed by atoms with Gasteiger partial charge in [-0.05, 0) is 61.7 Å². The van der Waals surface area contributed by atoms with E-state index >= 15 is 0 Å². The predicted molar refractivity (Wildman–Crippen MR) is 108 cm³/mol.